The SMILES string of the molecule is CN(CCCC1(C)CC1)S(C)(=O)=O. The molecule has 78 valence electrons. The Balaban J connectivity index is 2.19. The summed E-state index contributed by atoms with van der Waals surface area (Å²) in [5.74, 6) is 0. The fourth-order valence-electron chi connectivity index (χ4n) is 1.36. The minimum absolute atomic E-state index is 0.540. The fraction of sp³-hybridized carbons (Fsp3) is 1.00. The van der Waals surface area contributed by atoms with Gasteiger partial charge < -0.3 is 0 Å². The van der Waals surface area contributed by atoms with Gasteiger partial charge >= 0.3 is 0 Å². The molecule has 0 spiro atoms. The lowest BCUT2D eigenvalue weighted by Crippen LogP contribution is -2.26. The molecule has 0 bridgehead atoms. The Morgan fingerprint density at radius 3 is 2.31 bits per heavy atom. The minimum atomic E-state index is -2.97. The van der Waals surface area contributed by atoms with E-state index in [1.54, 1.807) is 7.05 Å². The fourth-order valence-corrected chi connectivity index (χ4v) is 1.82. The topological polar surface area (TPSA) is 37.4 Å². The Kier molecular flexibility index (Phi) is 3.02. The van der Waals surface area contributed by atoms with Crippen molar-refractivity contribution in [3.63, 3.8) is 0 Å². The van der Waals surface area contributed by atoms with Gasteiger partial charge in [-0.05, 0) is 31.1 Å². The molecule has 0 aliphatic heterocycles. The van der Waals surface area contributed by atoms with Gasteiger partial charge in [0.15, 0.2) is 0 Å². The molecule has 1 rings (SSSR count). The van der Waals surface area contributed by atoms with Crippen LogP contribution in [0.1, 0.15) is 32.6 Å². The molecule has 3 nitrogen and oxygen atoms in total. The zero-order chi connectivity index (χ0) is 10.1. The normalized spacial score (nSPS) is 20.6. The average molecular weight is 205 g/mol. The molecule has 0 aromatic heterocycles. The second-order valence-corrected chi connectivity index (χ2v) is 6.59. The first-order chi connectivity index (χ1) is 5.83. The molecule has 0 aromatic carbocycles. The van der Waals surface area contributed by atoms with Crippen LogP contribution >= 0.6 is 0 Å². The third-order valence-corrected chi connectivity index (χ3v) is 4.24. The van der Waals surface area contributed by atoms with Crippen LogP contribution in [0.2, 0.25) is 0 Å². The van der Waals surface area contributed by atoms with E-state index in [-0.39, 0.29) is 0 Å². The maximum absolute atomic E-state index is 11.0. The Bertz CT molecular complexity index is 267. The molecule has 0 atom stereocenters. The van der Waals surface area contributed by atoms with Crippen LogP contribution in [0.3, 0.4) is 0 Å². The van der Waals surface area contributed by atoms with Gasteiger partial charge in [0.05, 0.1) is 6.26 Å². The van der Waals surface area contributed by atoms with E-state index in [4.69, 9.17) is 0 Å². The van der Waals surface area contributed by atoms with Crippen molar-refractivity contribution in [3.05, 3.63) is 0 Å². The molecule has 0 saturated heterocycles. The number of hydrogen-bond acceptors (Lipinski definition) is 2. The van der Waals surface area contributed by atoms with Crippen molar-refractivity contribution < 1.29 is 8.42 Å². The summed E-state index contributed by atoms with van der Waals surface area (Å²) in [4.78, 5) is 0. The Morgan fingerprint density at radius 2 is 1.92 bits per heavy atom. The molecule has 0 amide bonds. The molecular formula is C9H19NO2S. The standard InChI is InChI=1S/C9H19NO2S/c1-9(6-7-9)5-4-8-10(2)13(3,11)12/h4-8H2,1-3H3. The largest absolute Gasteiger partial charge is 0.213 e. The van der Waals surface area contributed by atoms with Crippen LogP contribution in [0.5, 0.6) is 0 Å². The van der Waals surface area contributed by atoms with Gasteiger partial charge in [-0.25, -0.2) is 12.7 Å². The van der Waals surface area contributed by atoms with E-state index in [9.17, 15) is 8.42 Å². The van der Waals surface area contributed by atoms with Crippen molar-refractivity contribution in [2.45, 2.75) is 32.6 Å². The first-order valence-electron chi connectivity index (χ1n) is 4.75. The van der Waals surface area contributed by atoms with Gasteiger partial charge in [0, 0.05) is 13.6 Å². The lowest BCUT2D eigenvalue weighted by atomic mass is 10.0. The Morgan fingerprint density at radius 1 is 1.38 bits per heavy atom. The van der Waals surface area contributed by atoms with E-state index < -0.39 is 10.0 Å². The first kappa shape index (κ1) is 11.0. The lowest BCUT2D eigenvalue weighted by Gasteiger charge is -2.15. The van der Waals surface area contributed by atoms with Gasteiger partial charge in [0.1, 0.15) is 0 Å². The molecule has 1 aliphatic carbocycles. The summed E-state index contributed by atoms with van der Waals surface area (Å²) < 4.78 is 23.5. The predicted octanol–water partition coefficient (Wildman–Crippen LogP) is 1.46. The lowest BCUT2D eigenvalue weighted by molar-refractivity contribution is 0.418. The molecule has 1 aliphatic rings. The third kappa shape index (κ3) is 3.65. The van der Waals surface area contributed by atoms with Crippen molar-refractivity contribution in [1.29, 1.82) is 0 Å². The summed E-state index contributed by atoms with van der Waals surface area (Å²) in [5, 5.41) is 0. The highest BCUT2D eigenvalue weighted by Gasteiger charge is 2.36. The van der Waals surface area contributed by atoms with Crippen LogP contribution in [-0.2, 0) is 10.0 Å². The van der Waals surface area contributed by atoms with Crippen LogP contribution in [0.15, 0.2) is 0 Å². The van der Waals surface area contributed by atoms with Gasteiger partial charge in [-0.2, -0.15) is 0 Å². The number of nitrogens with zero attached hydrogens (tertiary/aromatic N) is 1. The average Bonchev–Trinajstić information content (AvgIpc) is 2.66. The van der Waals surface area contributed by atoms with E-state index in [0.717, 1.165) is 12.8 Å². The Labute approximate surface area is 81.2 Å². The van der Waals surface area contributed by atoms with E-state index in [2.05, 4.69) is 6.92 Å². The van der Waals surface area contributed by atoms with E-state index in [1.807, 2.05) is 0 Å². The summed E-state index contributed by atoms with van der Waals surface area (Å²) in [5.41, 5.74) is 0.540. The zero-order valence-electron chi connectivity index (χ0n) is 8.71. The minimum Gasteiger partial charge on any atom is -0.213 e. The predicted molar refractivity (Wildman–Crippen MR) is 54.0 cm³/mol. The van der Waals surface area contributed by atoms with Crippen LogP contribution < -0.4 is 0 Å². The summed E-state index contributed by atoms with van der Waals surface area (Å²) in [6, 6.07) is 0. The molecule has 0 radical (unpaired) electrons. The molecule has 0 N–H and O–H groups in total. The van der Waals surface area contributed by atoms with E-state index >= 15 is 0 Å². The Hall–Kier alpha value is -0.0900. The van der Waals surface area contributed by atoms with Gasteiger partial charge in [-0.1, -0.05) is 6.92 Å². The van der Waals surface area contributed by atoms with Gasteiger partial charge in [0.25, 0.3) is 0 Å². The molecule has 0 aromatic rings. The monoisotopic (exact) mass is 205 g/mol. The number of sulfonamides is 1. The van der Waals surface area contributed by atoms with E-state index in [1.165, 1.54) is 23.4 Å². The number of hydrogen-bond donors (Lipinski definition) is 0. The van der Waals surface area contributed by atoms with Gasteiger partial charge in [0.2, 0.25) is 10.0 Å². The molecule has 0 heterocycles. The quantitative estimate of drug-likeness (QED) is 0.681. The summed E-state index contributed by atoms with van der Waals surface area (Å²) in [7, 11) is -1.32. The summed E-state index contributed by atoms with van der Waals surface area (Å²) >= 11 is 0. The smallest absolute Gasteiger partial charge is 0.210 e. The van der Waals surface area contributed by atoms with Crippen LogP contribution in [0.4, 0.5) is 0 Å². The molecule has 4 heteroatoms. The molecule has 0 unspecified atom stereocenters. The number of rotatable bonds is 5. The van der Waals surface area contributed by atoms with E-state index in [0.29, 0.717) is 12.0 Å². The highest BCUT2D eigenvalue weighted by atomic mass is 32.2. The van der Waals surface area contributed by atoms with Crippen molar-refractivity contribution in [2.75, 3.05) is 19.8 Å². The molecule has 13 heavy (non-hydrogen) atoms. The maximum atomic E-state index is 11.0. The van der Waals surface area contributed by atoms with Crippen LogP contribution in [0, 0.1) is 5.41 Å². The molecular weight excluding hydrogens is 186 g/mol. The highest BCUT2D eigenvalue weighted by Crippen LogP contribution is 2.48. The van der Waals surface area contributed by atoms with Crippen molar-refractivity contribution in [1.82, 2.24) is 4.31 Å². The second kappa shape index (κ2) is 3.58. The van der Waals surface area contributed by atoms with Crippen molar-refractivity contribution in [3.8, 4) is 0 Å². The van der Waals surface area contributed by atoms with Crippen LogP contribution in [0.25, 0.3) is 0 Å². The van der Waals surface area contributed by atoms with Gasteiger partial charge in [-0.3, -0.25) is 0 Å². The molecule has 1 fully saturated rings. The zero-order valence-corrected chi connectivity index (χ0v) is 9.52. The highest BCUT2D eigenvalue weighted by molar-refractivity contribution is 7.88. The first-order valence-corrected chi connectivity index (χ1v) is 6.60. The van der Waals surface area contributed by atoms with Gasteiger partial charge in [-0.15, -0.1) is 0 Å². The van der Waals surface area contributed by atoms with Crippen LogP contribution in [-0.4, -0.2) is 32.6 Å². The third-order valence-electron chi connectivity index (χ3n) is 2.92. The molecule has 1 saturated carbocycles. The van der Waals surface area contributed by atoms with Crippen molar-refractivity contribution >= 4 is 10.0 Å². The summed E-state index contributed by atoms with van der Waals surface area (Å²) in [6.07, 6.45) is 6.03. The van der Waals surface area contributed by atoms with Crippen molar-refractivity contribution in [2.24, 2.45) is 5.41 Å². The second-order valence-electron chi connectivity index (χ2n) is 4.50. The summed E-state index contributed by atoms with van der Waals surface area (Å²) in [6.45, 7) is 2.93. The maximum Gasteiger partial charge on any atom is 0.210 e.